The van der Waals surface area contributed by atoms with Crippen LogP contribution >= 0.6 is 0 Å². The van der Waals surface area contributed by atoms with E-state index in [2.05, 4.69) is 5.16 Å². The lowest BCUT2D eigenvalue weighted by Crippen LogP contribution is -2.09. The summed E-state index contributed by atoms with van der Waals surface area (Å²) in [6.45, 7) is 6.03. The van der Waals surface area contributed by atoms with Gasteiger partial charge in [-0.05, 0) is 0 Å². The van der Waals surface area contributed by atoms with E-state index >= 15 is 0 Å². The van der Waals surface area contributed by atoms with E-state index in [1.165, 1.54) is 0 Å². The number of nitrogens with zero attached hydrogens (tertiary/aromatic N) is 2. The van der Waals surface area contributed by atoms with Crippen molar-refractivity contribution in [2.75, 3.05) is 0 Å². The van der Waals surface area contributed by atoms with Crippen LogP contribution in [-0.4, -0.2) is 5.16 Å². The summed E-state index contributed by atoms with van der Waals surface area (Å²) in [5.74, 6) is 0.744. The van der Waals surface area contributed by atoms with Crippen molar-refractivity contribution < 1.29 is 4.52 Å². The molecule has 3 nitrogen and oxygen atoms in total. The van der Waals surface area contributed by atoms with Crippen molar-refractivity contribution in [3.8, 4) is 6.07 Å². The second-order valence-electron chi connectivity index (χ2n) is 3.44. The first-order chi connectivity index (χ1) is 5.04. The zero-order valence-electron chi connectivity index (χ0n) is 6.88. The Morgan fingerprint density at radius 1 is 1.55 bits per heavy atom. The third kappa shape index (κ3) is 1.58. The van der Waals surface area contributed by atoms with Gasteiger partial charge >= 0.3 is 0 Å². The van der Waals surface area contributed by atoms with E-state index in [0.717, 1.165) is 5.76 Å². The smallest absolute Gasteiger partial charge is 0.183 e. The van der Waals surface area contributed by atoms with Crippen LogP contribution in [0, 0.1) is 11.3 Å². The van der Waals surface area contributed by atoms with E-state index < -0.39 is 0 Å². The van der Waals surface area contributed by atoms with Crippen molar-refractivity contribution in [2.45, 2.75) is 26.2 Å². The maximum absolute atomic E-state index is 8.44. The lowest BCUT2D eigenvalue weighted by Gasteiger charge is -2.11. The van der Waals surface area contributed by atoms with Gasteiger partial charge in [0.15, 0.2) is 5.69 Å². The molecule has 0 spiro atoms. The molecule has 1 aromatic heterocycles. The molecule has 0 saturated heterocycles. The fraction of sp³-hybridized carbons (Fsp3) is 0.500. The van der Waals surface area contributed by atoms with E-state index in [-0.39, 0.29) is 5.41 Å². The Kier molecular flexibility index (Phi) is 1.69. The molecule has 0 N–H and O–H groups in total. The van der Waals surface area contributed by atoms with Gasteiger partial charge in [0.25, 0.3) is 0 Å². The summed E-state index contributed by atoms with van der Waals surface area (Å²) in [5.41, 5.74) is 0.275. The molecule has 0 unspecified atom stereocenters. The van der Waals surface area contributed by atoms with Gasteiger partial charge in [-0.15, -0.1) is 0 Å². The highest BCUT2D eigenvalue weighted by Gasteiger charge is 2.19. The molecule has 0 saturated carbocycles. The number of hydrogen-bond acceptors (Lipinski definition) is 3. The van der Waals surface area contributed by atoms with Crippen molar-refractivity contribution in [3.05, 3.63) is 17.5 Å². The lowest BCUT2D eigenvalue weighted by atomic mass is 9.93. The molecule has 11 heavy (non-hydrogen) atoms. The van der Waals surface area contributed by atoms with Gasteiger partial charge in [-0.3, -0.25) is 0 Å². The van der Waals surface area contributed by atoms with Crippen molar-refractivity contribution in [3.63, 3.8) is 0 Å². The molecular weight excluding hydrogens is 140 g/mol. The summed E-state index contributed by atoms with van der Waals surface area (Å²) in [4.78, 5) is 0. The lowest BCUT2D eigenvalue weighted by molar-refractivity contribution is 0.328. The first-order valence-corrected chi connectivity index (χ1v) is 3.41. The predicted octanol–water partition coefficient (Wildman–Crippen LogP) is 1.84. The Morgan fingerprint density at radius 3 is 2.45 bits per heavy atom. The Balaban J connectivity index is 3.01. The first-order valence-electron chi connectivity index (χ1n) is 3.41. The fourth-order valence-electron chi connectivity index (χ4n) is 0.681. The van der Waals surface area contributed by atoms with Gasteiger partial charge in [-0.1, -0.05) is 25.9 Å². The minimum Gasteiger partial charge on any atom is -0.359 e. The first kappa shape index (κ1) is 7.80. The number of aromatic nitrogens is 1. The SMILES string of the molecule is CC(C)(C)c1cc(C#N)no1. The monoisotopic (exact) mass is 150 g/mol. The largest absolute Gasteiger partial charge is 0.359 e. The normalized spacial score (nSPS) is 11.1. The summed E-state index contributed by atoms with van der Waals surface area (Å²) in [6.07, 6.45) is 0. The topological polar surface area (TPSA) is 49.8 Å². The van der Waals surface area contributed by atoms with Gasteiger partial charge in [-0.2, -0.15) is 5.26 Å². The van der Waals surface area contributed by atoms with Crippen molar-refractivity contribution in [1.82, 2.24) is 5.16 Å². The Hall–Kier alpha value is -1.30. The third-order valence-corrected chi connectivity index (χ3v) is 1.36. The van der Waals surface area contributed by atoms with E-state index in [9.17, 15) is 0 Å². The van der Waals surface area contributed by atoms with Crippen LogP contribution in [0.2, 0.25) is 0 Å². The number of hydrogen-bond donors (Lipinski definition) is 0. The zero-order valence-corrected chi connectivity index (χ0v) is 6.88. The van der Waals surface area contributed by atoms with Crippen LogP contribution in [0.1, 0.15) is 32.2 Å². The van der Waals surface area contributed by atoms with Crippen LogP contribution < -0.4 is 0 Å². The molecular formula is C8H10N2O. The highest BCUT2D eigenvalue weighted by molar-refractivity contribution is 5.22. The molecule has 0 amide bonds. The van der Waals surface area contributed by atoms with Gasteiger partial charge in [0, 0.05) is 11.5 Å². The molecule has 1 aromatic rings. The summed E-state index contributed by atoms with van der Waals surface area (Å²) in [6, 6.07) is 3.58. The summed E-state index contributed by atoms with van der Waals surface area (Å²) in [7, 11) is 0. The van der Waals surface area contributed by atoms with E-state index in [1.54, 1.807) is 6.07 Å². The molecule has 0 bridgehead atoms. The number of nitriles is 1. The average Bonchev–Trinajstić information content (AvgIpc) is 2.32. The van der Waals surface area contributed by atoms with E-state index in [4.69, 9.17) is 9.78 Å². The van der Waals surface area contributed by atoms with Crippen LogP contribution in [0.15, 0.2) is 10.6 Å². The maximum atomic E-state index is 8.44. The van der Waals surface area contributed by atoms with Crippen LogP contribution in [-0.2, 0) is 5.41 Å². The molecule has 58 valence electrons. The third-order valence-electron chi connectivity index (χ3n) is 1.36. The fourth-order valence-corrected chi connectivity index (χ4v) is 0.681. The minimum absolute atomic E-state index is 0.0674. The molecule has 0 aliphatic carbocycles. The van der Waals surface area contributed by atoms with Crippen molar-refractivity contribution in [1.29, 1.82) is 5.26 Å². The summed E-state index contributed by atoms with van der Waals surface area (Å²) < 4.78 is 4.95. The van der Waals surface area contributed by atoms with Crippen LogP contribution in [0.3, 0.4) is 0 Å². The standard InChI is InChI=1S/C8H10N2O/c1-8(2,3)7-4-6(5-9)10-11-7/h4H,1-3H3. The molecule has 0 aliphatic heterocycles. The quantitative estimate of drug-likeness (QED) is 0.567. The highest BCUT2D eigenvalue weighted by Crippen LogP contribution is 2.21. The van der Waals surface area contributed by atoms with Crippen LogP contribution in [0.25, 0.3) is 0 Å². The zero-order chi connectivity index (χ0) is 8.48. The Morgan fingerprint density at radius 2 is 2.18 bits per heavy atom. The van der Waals surface area contributed by atoms with Gasteiger partial charge in [0.05, 0.1) is 0 Å². The molecule has 0 aromatic carbocycles. The maximum Gasteiger partial charge on any atom is 0.183 e. The van der Waals surface area contributed by atoms with Crippen molar-refractivity contribution >= 4 is 0 Å². The second kappa shape index (κ2) is 2.39. The van der Waals surface area contributed by atoms with Crippen molar-refractivity contribution in [2.24, 2.45) is 0 Å². The molecule has 0 atom stereocenters. The van der Waals surface area contributed by atoms with E-state index in [0.29, 0.717) is 5.69 Å². The molecule has 0 radical (unpaired) electrons. The van der Waals surface area contributed by atoms with Gasteiger partial charge in [0.1, 0.15) is 11.8 Å². The van der Waals surface area contributed by atoms with Gasteiger partial charge in [0.2, 0.25) is 0 Å². The molecule has 1 rings (SSSR count). The van der Waals surface area contributed by atoms with Gasteiger partial charge < -0.3 is 4.52 Å². The average molecular weight is 150 g/mol. The highest BCUT2D eigenvalue weighted by atomic mass is 16.5. The minimum atomic E-state index is -0.0674. The molecule has 0 aliphatic rings. The summed E-state index contributed by atoms with van der Waals surface area (Å²) >= 11 is 0. The molecule has 1 heterocycles. The van der Waals surface area contributed by atoms with E-state index in [1.807, 2.05) is 26.8 Å². The summed E-state index contributed by atoms with van der Waals surface area (Å²) in [5, 5.41) is 12.0. The predicted molar refractivity (Wildman–Crippen MR) is 39.9 cm³/mol. The Labute approximate surface area is 65.6 Å². The Bertz CT molecular complexity index is 288. The van der Waals surface area contributed by atoms with Crippen LogP contribution in [0.5, 0.6) is 0 Å². The van der Waals surface area contributed by atoms with Crippen LogP contribution in [0.4, 0.5) is 0 Å². The second-order valence-corrected chi connectivity index (χ2v) is 3.44. The molecule has 0 fully saturated rings. The van der Waals surface area contributed by atoms with Gasteiger partial charge in [-0.25, -0.2) is 0 Å². The number of rotatable bonds is 0. The molecule has 3 heteroatoms.